The number of aliphatic hydroxyl groups is 1. The second kappa shape index (κ2) is 9.30. The molecule has 0 unspecified atom stereocenters. The van der Waals surface area contributed by atoms with Crippen molar-refractivity contribution in [3.8, 4) is 0 Å². The fourth-order valence-electron chi connectivity index (χ4n) is 2.76. The van der Waals surface area contributed by atoms with Crippen LogP contribution in [0.4, 0.5) is 0 Å². The monoisotopic (exact) mass is 397 g/mol. The van der Waals surface area contributed by atoms with Gasteiger partial charge in [0.05, 0.1) is 6.61 Å². The maximum atomic E-state index is 12.0. The molecule has 0 atom stereocenters. The molecule has 0 bridgehead atoms. The Labute approximate surface area is 150 Å². The van der Waals surface area contributed by atoms with E-state index in [0.29, 0.717) is 44.6 Å². The second-order valence-corrected chi connectivity index (χ2v) is 7.25. The lowest BCUT2D eigenvalue weighted by atomic mass is 9.81. The molecule has 5 nitrogen and oxygen atoms in total. The molecule has 0 aromatic heterocycles. The van der Waals surface area contributed by atoms with E-state index in [-0.39, 0.29) is 23.7 Å². The summed E-state index contributed by atoms with van der Waals surface area (Å²) in [5.41, 5.74) is 0.404. The molecule has 2 N–H and O–H groups in total. The number of hydrogen-bond acceptors (Lipinski definition) is 4. The van der Waals surface area contributed by atoms with Gasteiger partial charge in [0.15, 0.2) is 5.78 Å². The Morgan fingerprint density at radius 1 is 1.17 bits per heavy atom. The molecule has 1 heterocycles. The normalized spacial score (nSPS) is 16.6. The minimum absolute atomic E-state index is 0.0477. The first-order chi connectivity index (χ1) is 11.5. The van der Waals surface area contributed by atoms with Gasteiger partial charge in [0.25, 0.3) is 0 Å². The lowest BCUT2D eigenvalue weighted by molar-refractivity contribution is -0.122. The Morgan fingerprint density at radius 2 is 1.83 bits per heavy atom. The first-order valence-corrected chi connectivity index (χ1v) is 9.08. The Bertz CT molecular complexity index is 553. The number of aliphatic hydroxyl groups excluding tert-OH is 1. The Balaban J connectivity index is 1.69. The summed E-state index contributed by atoms with van der Waals surface area (Å²) in [5.74, 6) is -0.0236. The summed E-state index contributed by atoms with van der Waals surface area (Å²) in [5, 5.41) is 12.5. The number of halogens is 1. The highest BCUT2D eigenvalue weighted by Gasteiger charge is 2.32. The van der Waals surface area contributed by atoms with Crippen LogP contribution in [0.25, 0.3) is 0 Å². The van der Waals surface area contributed by atoms with Gasteiger partial charge in [0.1, 0.15) is 0 Å². The quantitative estimate of drug-likeness (QED) is 0.661. The summed E-state index contributed by atoms with van der Waals surface area (Å²) in [6.07, 6.45) is 2.71. The molecule has 1 saturated heterocycles. The fraction of sp³-hybridized carbons (Fsp3) is 0.556. The van der Waals surface area contributed by atoms with Crippen molar-refractivity contribution in [2.45, 2.75) is 32.1 Å². The third-order valence-electron chi connectivity index (χ3n) is 4.52. The van der Waals surface area contributed by atoms with Crippen LogP contribution < -0.4 is 5.32 Å². The lowest BCUT2D eigenvalue weighted by Crippen LogP contribution is -2.43. The van der Waals surface area contributed by atoms with E-state index in [1.165, 1.54) is 0 Å². The van der Waals surface area contributed by atoms with E-state index in [4.69, 9.17) is 4.74 Å². The van der Waals surface area contributed by atoms with Crippen LogP contribution in [0.3, 0.4) is 0 Å². The third-order valence-corrected chi connectivity index (χ3v) is 5.05. The van der Waals surface area contributed by atoms with Crippen LogP contribution in [0.1, 0.15) is 42.5 Å². The zero-order chi connectivity index (χ0) is 17.4. The molecule has 2 rings (SSSR count). The molecule has 1 aliphatic rings. The van der Waals surface area contributed by atoms with Crippen LogP contribution in [0.2, 0.25) is 0 Å². The molecule has 0 radical (unpaired) electrons. The highest BCUT2D eigenvalue weighted by atomic mass is 79.9. The van der Waals surface area contributed by atoms with Gasteiger partial charge in [0, 0.05) is 48.1 Å². The SMILES string of the molecule is O=C(CCCC(=O)c1ccc(Br)cc1)NCC1(CO)CCOCC1. The predicted molar refractivity (Wildman–Crippen MR) is 94.9 cm³/mol. The van der Waals surface area contributed by atoms with Gasteiger partial charge in [0.2, 0.25) is 5.91 Å². The maximum absolute atomic E-state index is 12.0. The standard InChI is InChI=1S/C18H24BrNO4/c19-15-6-4-14(5-7-15)16(22)2-1-3-17(23)20-12-18(13-21)8-10-24-11-9-18/h4-7,21H,1-3,8-13H2,(H,20,23). The first kappa shape index (κ1) is 19.1. The summed E-state index contributed by atoms with van der Waals surface area (Å²) >= 11 is 3.34. The van der Waals surface area contributed by atoms with Crippen LogP contribution in [0.5, 0.6) is 0 Å². The first-order valence-electron chi connectivity index (χ1n) is 8.29. The minimum Gasteiger partial charge on any atom is -0.396 e. The van der Waals surface area contributed by atoms with Crippen molar-refractivity contribution >= 4 is 27.6 Å². The zero-order valence-electron chi connectivity index (χ0n) is 13.7. The summed E-state index contributed by atoms with van der Waals surface area (Å²) in [6.45, 7) is 1.77. The van der Waals surface area contributed by atoms with Gasteiger partial charge in [-0.2, -0.15) is 0 Å². The van der Waals surface area contributed by atoms with Gasteiger partial charge in [-0.05, 0) is 31.4 Å². The van der Waals surface area contributed by atoms with Crippen LogP contribution in [0.15, 0.2) is 28.7 Å². The summed E-state index contributed by atoms with van der Waals surface area (Å²) in [4.78, 5) is 24.0. The van der Waals surface area contributed by atoms with Crippen molar-refractivity contribution in [3.63, 3.8) is 0 Å². The molecular weight excluding hydrogens is 374 g/mol. The van der Waals surface area contributed by atoms with E-state index in [9.17, 15) is 14.7 Å². The fourth-order valence-corrected chi connectivity index (χ4v) is 3.02. The molecule has 0 aliphatic carbocycles. The summed E-state index contributed by atoms with van der Waals surface area (Å²) < 4.78 is 6.24. The molecule has 1 aromatic rings. The van der Waals surface area contributed by atoms with E-state index in [0.717, 1.165) is 17.3 Å². The highest BCUT2D eigenvalue weighted by Crippen LogP contribution is 2.29. The topological polar surface area (TPSA) is 75.6 Å². The number of Topliss-reactive ketones (excluding diaryl/α,β-unsaturated/α-hetero) is 1. The van der Waals surface area contributed by atoms with Gasteiger partial charge in [-0.1, -0.05) is 28.1 Å². The van der Waals surface area contributed by atoms with Crippen LogP contribution in [0, 0.1) is 5.41 Å². The van der Waals surface area contributed by atoms with Gasteiger partial charge in [-0.3, -0.25) is 9.59 Å². The van der Waals surface area contributed by atoms with Gasteiger partial charge in [-0.25, -0.2) is 0 Å². The number of nitrogens with one attached hydrogen (secondary N) is 1. The van der Waals surface area contributed by atoms with Gasteiger partial charge >= 0.3 is 0 Å². The third kappa shape index (κ3) is 5.69. The van der Waals surface area contributed by atoms with Gasteiger partial charge < -0.3 is 15.2 Å². The van der Waals surface area contributed by atoms with E-state index in [1.807, 2.05) is 12.1 Å². The molecule has 0 saturated carbocycles. The van der Waals surface area contributed by atoms with Crippen molar-refractivity contribution in [2.75, 3.05) is 26.4 Å². The highest BCUT2D eigenvalue weighted by molar-refractivity contribution is 9.10. The number of benzene rings is 1. The van der Waals surface area contributed by atoms with Crippen molar-refractivity contribution in [1.82, 2.24) is 5.32 Å². The minimum atomic E-state index is -0.263. The molecule has 24 heavy (non-hydrogen) atoms. The smallest absolute Gasteiger partial charge is 0.220 e. The Hall–Kier alpha value is -1.24. The Morgan fingerprint density at radius 3 is 2.46 bits per heavy atom. The molecule has 6 heteroatoms. The number of amides is 1. The van der Waals surface area contributed by atoms with Crippen LogP contribution >= 0.6 is 15.9 Å². The van der Waals surface area contributed by atoms with E-state index in [1.54, 1.807) is 12.1 Å². The number of ether oxygens (including phenoxy) is 1. The number of carbonyl (C=O) groups excluding carboxylic acids is 2. The van der Waals surface area contributed by atoms with E-state index < -0.39 is 0 Å². The number of rotatable bonds is 8. The molecular formula is C18H24BrNO4. The molecule has 1 aromatic carbocycles. The maximum Gasteiger partial charge on any atom is 0.220 e. The van der Waals surface area contributed by atoms with Gasteiger partial charge in [-0.15, -0.1) is 0 Å². The van der Waals surface area contributed by atoms with E-state index >= 15 is 0 Å². The van der Waals surface area contributed by atoms with Crippen molar-refractivity contribution in [2.24, 2.45) is 5.41 Å². The number of hydrogen-bond donors (Lipinski definition) is 2. The molecule has 1 fully saturated rings. The summed E-state index contributed by atoms with van der Waals surface area (Å²) in [6, 6.07) is 7.23. The molecule has 1 amide bonds. The average Bonchev–Trinajstić information content (AvgIpc) is 2.61. The second-order valence-electron chi connectivity index (χ2n) is 6.33. The zero-order valence-corrected chi connectivity index (χ0v) is 15.3. The predicted octanol–water partition coefficient (Wildman–Crippen LogP) is 2.71. The molecule has 1 aliphatic heterocycles. The molecule has 0 spiro atoms. The van der Waals surface area contributed by atoms with Crippen molar-refractivity contribution in [1.29, 1.82) is 0 Å². The van der Waals surface area contributed by atoms with Crippen molar-refractivity contribution < 1.29 is 19.4 Å². The largest absolute Gasteiger partial charge is 0.396 e. The number of carbonyl (C=O) groups is 2. The summed E-state index contributed by atoms with van der Waals surface area (Å²) in [7, 11) is 0. The van der Waals surface area contributed by atoms with E-state index in [2.05, 4.69) is 21.2 Å². The van der Waals surface area contributed by atoms with Crippen LogP contribution in [-0.2, 0) is 9.53 Å². The average molecular weight is 398 g/mol. The lowest BCUT2D eigenvalue weighted by Gasteiger charge is -2.35. The number of ketones is 1. The van der Waals surface area contributed by atoms with Crippen LogP contribution in [-0.4, -0.2) is 43.2 Å². The van der Waals surface area contributed by atoms with Crippen molar-refractivity contribution in [3.05, 3.63) is 34.3 Å². The molecule has 132 valence electrons. The Kier molecular flexibility index (Phi) is 7.40.